The standard InChI is InChI=1S/C18H27N3O2/c1-14(15-3-4-15)19-18(22)13-20-9-11-21(12-10-20)16-5-7-17(23-2)8-6-16/h5-8,14-15H,3-4,9-13H2,1-2H3,(H,19,22)/t14-/m1/s1. The molecule has 1 N–H and O–H groups in total. The Morgan fingerprint density at radius 2 is 1.87 bits per heavy atom. The molecule has 0 unspecified atom stereocenters. The summed E-state index contributed by atoms with van der Waals surface area (Å²) in [6.07, 6.45) is 2.53. The van der Waals surface area contributed by atoms with Crippen LogP contribution in [0, 0.1) is 5.92 Å². The van der Waals surface area contributed by atoms with Crippen LogP contribution >= 0.6 is 0 Å². The maximum absolute atomic E-state index is 12.1. The highest BCUT2D eigenvalue weighted by Crippen LogP contribution is 2.32. The van der Waals surface area contributed by atoms with E-state index in [9.17, 15) is 4.79 Å². The lowest BCUT2D eigenvalue weighted by Crippen LogP contribution is -2.50. The van der Waals surface area contributed by atoms with E-state index in [0.717, 1.165) is 31.9 Å². The molecule has 2 aliphatic rings. The van der Waals surface area contributed by atoms with Gasteiger partial charge in [-0.3, -0.25) is 9.69 Å². The molecule has 5 nitrogen and oxygen atoms in total. The Bertz CT molecular complexity index is 520. The lowest BCUT2D eigenvalue weighted by atomic mass is 10.2. The molecule has 1 aromatic carbocycles. The molecule has 1 saturated carbocycles. The highest BCUT2D eigenvalue weighted by molar-refractivity contribution is 5.78. The molecule has 1 saturated heterocycles. The predicted molar refractivity (Wildman–Crippen MR) is 92.0 cm³/mol. The van der Waals surface area contributed by atoms with Crippen LogP contribution in [-0.4, -0.2) is 56.7 Å². The minimum Gasteiger partial charge on any atom is -0.497 e. The monoisotopic (exact) mass is 317 g/mol. The number of hydrogen-bond donors (Lipinski definition) is 1. The molecule has 1 amide bonds. The van der Waals surface area contributed by atoms with E-state index in [0.29, 0.717) is 18.5 Å². The van der Waals surface area contributed by atoms with E-state index in [1.54, 1.807) is 7.11 Å². The quantitative estimate of drug-likeness (QED) is 0.868. The molecule has 0 spiro atoms. The smallest absolute Gasteiger partial charge is 0.234 e. The van der Waals surface area contributed by atoms with Gasteiger partial charge in [-0.05, 0) is 49.9 Å². The summed E-state index contributed by atoms with van der Waals surface area (Å²) in [7, 11) is 1.68. The van der Waals surface area contributed by atoms with Gasteiger partial charge in [0.2, 0.25) is 5.91 Å². The van der Waals surface area contributed by atoms with Gasteiger partial charge < -0.3 is 15.0 Å². The van der Waals surface area contributed by atoms with Gasteiger partial charge in [-0.15, -0.1) is 0 Å². The van der Waals surface area contributed by atoms with Gasteiger partial charge >= 0.3 is 0 Å². The number of anilines is 1. The van der Waals surface area contributed by atoms with Crippen LogP contribution in [-0.2, 0) is 4.79 Å². The van der Waals surface area contributed by atoms with Crippen LogP contribution in [0.5, 0.6) is 5.75 Å². The third-order valence-electron chi connectivity index (χ3n) is 4.89. The van der Waals surface area contributed by atoms with Gasteiger partial charge in [0.25, 0.3) is 0 Å². The van der Waals surface area contributed by atoms with E-state index < -0.39 is 0 Å². The summed E-state index contributed by atoms with van der Waals surface area (Å²) in [6, 6.07) is 8.52. The molecule has 1 aliphatic carbocycles. The van der Waals surface area contributed by atoms with Crippen molar-refractivity contribution < 1.29 is 9.53 Å². The topological polar surface area (TPSA) is 44.8 Å². The number of amides is 1. The Balaban J connectivity index is 1.43. The summed E-state index contributed by atoms with van der Waals surface area (Å²) in [5.41, 5.74) is 1.22. The molecule has 3 rings (SSSR count). The second-order valence-corrected chi connectivity index (χ2v) is 6.65. The molecule has 0 radical (unpaired) electrons. The first kappa shape index (κ1) is 16.1. The first-order valence-electron chi connectivity index (χ1n) is 8.56. The number of nitrogens with zero attached hydrogens (tertiary/aromatic N) is 2. The minimum absolute atomic E-state index is 0.169. The first-order chi connectivity index (χ1) is 11.2. The summed E-state index contributed by atoms with van der Waals surface area (Å²) < 4.78 is 5.20. The third-order valence-corrected chi connectivity index (χ3v) is 4.89. The number of ether oxygens (including phenoxy) is 1. The highest BCUT2D eigenvalue weighted by atomic mass is 16.5. The van der Waals surface area contributed by atoms with Crippen molar-refractivity contribution in [2.24, 2.45) is 5.92 Å². The van der Waals surface area contributed by atoms with Crippen LogP contribution in [0.15, 0.2) is 24.3 Å². The van der Waals surface area contributed by atoms with E-state index in [4.69, 9.17) is 4.74 Å². The van der Waals surface area contributed by atoms with Gasteiger partial charge in [0, 0.05) is 37.9 Å². The molecular weight excluding hydrogens is 290 g/mol. The summed E-state index contributed by atoms with van der Waals surface area (Å²) >= 11 is 0. The Labute approximate surface area is 138 Å². The van der Waals surface area contributed by atoms with Crippen molar-refractivity contribution in [2.45, 2.75) is 25.8 Å². The van der Waals surface area contributed by atoms with Crippen molar-refractivity contribution in [3.63, 3.8) is 0 Å². The zero-order valence-corrected chi connectivity index (χ0v) is 14.1. The number of methoxy groups -OCH3 is 1. The number of carbonyl (C=O) groups is 1. The fourth-order valence-corrected chi connectivity index (χ4v) is 3.17. The van der Waals surface area contributed by atoms with E-state index in [2.05, 4.69) is 34.2 Å². The first-order valence-corrected chi connectivity index (χ1v) is 8.56. The molecule has 23 heavy (non-hydrogen) atoms. The molecule has 0 aromatic heterocycles. The van der Waals surface area contributed by atoms with Crippen LogP contribution in [0.4, 0.5) is 5.69 Å². The van der Waals surface area contributed by atoms with E-state index in [1.165, 1.54) is 18.5 Å². The fourth-order valence-electron chi connectivity index (χ4n) is 3.17. The molecule has 1 heterocycles. The van der Waals surface area contributed by atoms with E-state index in [-0.39, 0.29) is 5.91 Å². The normalized spacial score (nSPS) is 20.2. The molecule has 1 aliphatic heterocycles. The lowest BCUT2D eigenvalue weighted by molar-refractivity contribution is -0.123. The molecule has 2 fully saturated rings. The van der Waals surface area contributed by atoms with Crippen molar-refractivity contribution in [3.8, 4) is 5.75 Å². The van der Waals surface area contributed by atoms with Gasteiger partial charge in [0.15, 0.2) is 0 Å². The van der Waals surface area contributed by atoms with Crippen LogP contribution < -0.4 is 15.0 Å². The molecule has 5 heteroatoms. The summed E-state index contributed by atoms with van der Waals surface area (Å²) in [4.78, 5) is 16.7. The van der Waals surface area contributed by atoms with Crippen molar-refractivity contribution in [3.05, 3.63) is 24.3 Å². The molecule has 0 bridgehead atoms. The largest absolute Gasteiger partial charge is 0.497 e. The minimum atomic E-state index is 0.169. The third kappa shape index (κ3) is 4.38. The highest BCUT2D eigenvalue weighted by Gasteiger charge is 2.29. The molecule has 1 atom stereocenters. The van der Waals surface area contributed by atoms with Crippen molar-refractivity contribution in [1.29, 1.82) is 0 Å². The van der Waals surface area contributed by atoms with Crippen molar-refractivity contribution in [2.75, 3.05) is 44.7 Å². The Morgan fingerprint density at radius 3 is 2.43 bits per heavy atom. The van der Waals surface area contributed by atoms with Crippen LogP contribution in [0.1, 0.15) is 19.8 Å². The molecular formula is C18H27N3O2. The Morgan fingerprint density at radius 1 is 1.22 bits per heavy atom. The van der Waals surface area contributed by atoms with Gasteiger partial charge in [-0.2, -0.15) is 0 Å². The summed E-state index contributed by atoms with van der Waals surface area (Å²) in [6.45, 7) is 6.41. The van der Waals surface area contributed by atoms with Crippen molar-refractivity contribution in [1.82, 2.24) is 10.2 Å². The second-order valence-electron chi connectivity index (χ2n) is 6.65. The SMILES string of the molecule is COc1ccc(N2CCN(CC(=O)N[C@H](C)C3CC3)CC2)cc1. The Hall–Kier alpha value is -1.75. The van der Waals surface area contributed by atoms with Gasteiger partial charge in [0.1, 0.15) is 5.75 Å². The predicted octanol–water partition coefficient (Wildman–Crippen LogP) is 1.73. The zero-order valence-electron chi connectivity index (χ0n) is 14.1. The van der Waals surface area contributed by atoms with Crippen molar-refractivity contribution >= 4 is 11.6 Å². The summed E-state index contributed by atoms with van der Waals surface area (Å²) in [5.74, 6) is 1.77. The lowest BCUT2D eigenvalue weighted by Gasteiger charge is -2.36. The number of nitrogens with one attached hydrogen (secondary N) is 1. The fraction of sp³-hybridized carbons (Fsp3) is 0.611. The van der Waals surface area contributed by atoms with Gasteiger partial charge in [0.05, 0.1) is 13.7 Å². The number of hydrogen-bond acceptors (Lipinski definition) is 4. The maximum Gasteiger partial charge on any atom is 0.234 e. The van der Waals surface area contributed by atoms with Crippen LogP contribution in [0.25, 0.3) is 0 Å². The van der Waals surface area contributed by atoms with E-state index >= 15 is 0 Å². The number of carbonyl (C=O) groups excluding carboxylic acids is 1. The van der Waals surface area contributed by atoms with Crippen LogP contribution in [0.3, 0.4) is 0 Å². The average molecular weight is 317 g/mol. The van der Waals surface area contributed by atoms with E-state index in [1.807, 2.05) is 12.1 Å². The molecule has 126 valence electrons. The maximum atomic E-state index is 12.1. The molecule has 1 aromatic rings. The number of piperazine rings is 1. The zero-order chi connectivity index (χ0) is 16.2. The number of rotatable bonds is 6. The van der Waals surface area contributed by atoms with Gasteiger partial charge in [-0.25, -0.2) is 0 Å². The second kappa shape index (κ2) is 7.21. The van der Waals surface area contributed by atoms with Crippen LogP contribution in [0.2, 0.25) is 0 Å². The van der Waals surface area contributed by atoms with Gasteiger partial charge in [-0.1, -0.05) is 0 Å². The average Bonchev–Trinajstić information content (AvgIpc) is 3.40. The number of benzene rings is 1. The summed E-state index contributed by atoms with van der Waals surface area (Å²) in [5, 5.41) is 3.14. The Kier molecular flexibility index (Phi) is 5.06.